The molecule has 0 spiro atoms. The number of fused-ring (bicyclic) bond motifs is 1. The number of nitrogens with one attached hydrogen (secondary N) is 1. The lowest BCUT2D eigenvalue weighted by Crippen LogP contribution is -2.62. The Labute approximate surface area is 123 Å². The van der Waals surface area contributed by atoms with Crippen LogP contribution in [-0.2, 0) is 9.59 Å². The van der Waals surface area contributed by atoms with Crippen LogP contribution in [0.4, 0.5) is 5.69 Å². The van der Waals surface area contributed by atoms with Gasteiger partial charge in [-0.15, -0.1) is 0 Å². The number of hydrogen-bond donors (Lipinski definition) is 2. The number of likely N-dealkylation sites (N-methyl/N-ethyl adjacent to an activating group) is 1. The van der Waals surface area contributed by atoms with Crippen LogP contribution in [0.25, 0.3) is 0 Å². The maximum absolute atomic E-state index is 12.6. The highest BCUT2D eigenvalue weighted by molar-refractivity contribution is 6.16. The molecule has 0 aliphatic carbocycles. The summed E-state index contributed by atoms with van der Waals surface area (Å²) in [6.07, 6.45) is -0.689. The number of hydrogen-bond acceptors (Lipinski definition) is 4. The lowest BCUT2D eigenvalue weighted by molar-refractivity contribution is -0.148. The number of rotatable bonds is 4. The van der Waals surface area contributed by atoms with Gasteiger partial charge < -0.3 is 20.1 Å². The van der Waals surface area contributed by atoms with Gasteiger partial charge in [0, 0.05) is 13.1 Å². The molecule has 2 amide bonds. The molecule has 1 heterocycles. The van der Waals surface area contributed by atoms with Gasteiger partial charge in [-0.3, -0.25) is 9.59 Å². The molecule has 0 bridgehead atoms. The van der Waals surface area contributed by atoms with E-state index in [2.05, 4.69) is 5.32 Å². The molecule has 2 atom stereocenters. The van der Waals surface area contributed by atoms with E-state index >= 15 is 0 Å². The van der Waals surface area contributed by atoms with E-state index in [0.717, 1.165) is 0 Å². The van der Waals surface area contributed by atoms with E-state index in [4.69, 9.17) is 4.74 Å². The van der Waals surface area contributed by atoms with Crippen LogP contribution in [0.1, 0.15) is 20.8 Å². The molecule has 21 heavy (non-hydrogen) atoms. The summed E-state index contributed by atoms with van der Waals surface area (Å²) < 4.78 is 5.67. The molecule has 2 unspecified atom stereocenters. The summed E-state index contributed by atoms with van der Waals surface area (Å²) in [5, 5.41) is 11.8. The van der Waals surface area contributed by atoms with Crippen molar-refractivity contribution in [1.82, 2.24) is 5.32 Å². The Morgan fingerprint density at radius 2 is 2.14 bits per heavy atom. The predicted octanol–water partition coefficient (Wildman–Crippen LogP) is 0.688. The number of nitrogens with zero attached hydrogens (tertiary/aromatic N) is 1. The number of anilines is 1. The third kappa shape index (κ3) is 2.71. The molecule has 2 rings (SSSR count). The van der Waals surface area contributed by atoms with E-state index in [1.165, 1.54) is 11.8 Å². The van der Waals surface area contributed by atoms with Gasteiger partial charge >= 0.3 is 0 Å². The van der Waals surface area contributed by atoms with Gasteiger partial charge in [-0.2, -0.15) is 0 Å². The molecule has 0 aromatic heterocycles. The third-order valence-electron chi connectivity index (χ3n) is 3.43. The second-order valence-corrected chi connectivity index (χ2v) is 5.21. The van der Waals surface area contributed by atoms with Gasteiger partial charge in [0.25, 0.3) is 17.4 Å². The lowest BCUT2D eigenvalue weighted by Gasteiger charge is -2.39. The monoisotopic (exact) mass is 292 g/mol. The van der Waals surface area contributed by atoms with Gasteiger partial charge in [0.2, 0.25) is 0 Å². The maximum atomic E-state index is 12.6. The van der Waals surface area contributed by atoms with Crippen molar-refractivity contribution < 1.29 is 19.4 Å². The molecule has 2 N–H and O–H groups in total. The van der Waals surface area contributed by atoms with Crippen LogP contribution in [0.3, 0.4) is 0 Å². The first-order valence-electron chi connectivity index (χ1n) is 6.96. The van der Waals surface area contributed by atoms with Gasteiger partial charge in [0.1, 0.15) is 5.75 Å². The Bertz CT molecular complexity index is 558. The summed E-state index contributed by atoms with van der Waals surface area (Å²) >= 11 is 0. The predicted molar refractivity (Wildman–Crippen MR) is 78.2 cm³/mol. The average molecular weight is 292 g/mol. The fourth-order valence-corrected chi connectivity index (χ4v) is 2.26. The zero-order valence-electron chi connectivity index (χ0n) is 12.4. The Morgan fingerprint density at radius 1 is 1.48 bits per heavy atom. The molecule has 1 aromatic rings. The van der Waals surface area contributed by atoms with Crippen LogP contribution in [-0.4, -0.2) is 41.7 Å². The molecule has 0 fully saturated rings. The minimum atomic E-state index is -1.63. The van der Waals surface area contributed by atoms with Gasteiger partial charge in [-0.05, 0) is 32.9 Å². The molecule has 1 aromatic carbocycles. The minimum absolute atomic E-state index is 0.0683. The van der Waals surface area contributed by atoms with Crippen molar-refractivity contribution >= 4 is 17.5 Å². The summed E-state index contributed by atoms with van der Waals surface area (Å²) in [5.41, 5.74) is -0.968. The Balaban J connectivity index is 2.33. The largest absolute Gasteiger partial charge is 0.466 e. The van der Waals surface area contributed by atoms with Gasteiger partial charge in [0.05, 0.1) is 11.8 Å². The van der Waals surface area contributed by atoms with Crippen LogP contribution in [0.5, 0.6) is 5.75 Å². The fourth-order valence-electron chi connectivity index (χ4n) is 2.26. The Kier molecular flexibility index (Phi) is 4.18. The zero-order chi connectivity index (χ0) is 15.6. The molecule has 0 radical (unpaired) electrons. The molecule has 6 nitrogen and oxygen atoms in total. The van der Waals surface area contributed by atoms with Crippen LogP contribution in [0.15, 0.2) is 24.3 Å². The van der Waals surface area contributed by atoms with Crippen molar-refractivity contribution in [2.24, 2.45) is 0 Å². The minimum Gasteiger partial charge on any atom is -0.466 e. The van der Waals surface area contributed by atoms with Crippen LogP contribution >= 0.6 is 0 Å². The molecular formula is C15H20N2O4. The highest BCUT2D eigenvalue weighted by Crippen LogP contribution is 2.37. The first-order chi connectivity index (χ1) is 9.90. The fraction of sp³-hybridized carbons (Fsp3) is 0.467. The number of ether oxygens (including phenoxy) is 1. The quantitative estimate of drug-likeness (QED) is 0.800. The highest BCUT2D eigenvalue weighted by atomic mass is 16.5. The molecular weight excluding hydrogens is 272 g/mol. The number of carbonyl (C=O) groups excluding carboxylic acids is 2. The van der Waals surface area contributed by atoms with Crippen molar-refractivity contribution in [2.75, 3.05) is 18.0 Å². The second kappa shape index (κ2) is 5.73. The van der Waals surface area contributed by atoms with Crippen molar-refractivity contribution in [2.45, 2.75) is 32.5 Å². The Morgan fingerprint density at radius 3 is 2.76 bits per heavy atom. The number of amides is 2. The van der Waals surface area contributed by atoms with E-state index in [-0.39, 0.29) is 6.54 Å². The van der Waals surface area contributed by atoms with Crippen molar-refractivity contribution in [3.8, 4) is 5.75 Å². The summed E-state index contributed by atoms with van der Waals surface area (Å²) in [4.78, 5) is 26.4. The van der Waals surface area contributed by atoms with Crippen LogP contribution < -0.4 is 15.0 Å². The second-order valence-electron chi connectivity index (χ2n) is 5.21. The molecule has 1 aliphatic heterocycles. The van der Waals surface area contributed by atoms with Crippen molar-refractivity contribution in [3.63, 3.8) is 0 Å². The number of aliphatic hydroxyl groups is 1. The maximum Gasteiger partial charge on any atom is 0.280 e. The van der Waals surface area contributed by atoms with E-state index in [1.54, 1.807) is 25.1 Å². The van der Waals surface area contributed by atoms with E-state index in [1.807, 2.05) is 13.0 Å². The number of carbonyl (C=O) groups is 2. The molecule has 1 aliphatic rings. The number of para-hydroxylation sites is 2. The summed E-state index contributed by atoms with van der Waals surface area (Å²) in [5.74, 6) is -0.471. The van der Waals surface area contributed by atoms with Gasteiger partial charge in [-0.1, -0.05) is 12.1 Å². The normalized spacial score (nSPS) is 22.3. The third-order valence-corrected chi connectivity index (χ3v) is 3.43. The SMILES string of the molecule is CCN1C(=O)C(C)(C(=O)NCC(C)O)Oc2ccccc21. The first kappa shape index (κ1) is 15.3. The summed E-state index contributed by atoms with van der Waals surface area (Å²) in [6, 6.07) is 7.11. The molecule has 0 saturated heterocycles. The number of aliphatic hydroxyl groups excluding tert-OH is 1. The number of benzene rings is 1. The molecule has 114 valence electrons. The summed E-state index contributed by atoms with van der Waals surface area (Å²) in [6.45, 7) is 5.36. The highest BCUT2D eigenvalue weighted by Gasteiger charge is 2.50. The van der Waals surface area contributed by atoms with Crippen molar-refractivity contribution in [3.05, 3.63) is 24.3 Å². The first-order valence-corrected chi connectivity index (χ1v) is 6.96. The van der Waals surface area contributed by atoms with E-state index in [9.17, 15) is 14.7 Å². The zero-order valence-corrected chi connectivity index (χ0v) is 12.4. The summed E-state index contributed by atoms with van der Waals surface area (Å²) in [7, 11) is 0. The van der Waals surface area contributed by atoms with Crippen molar-refractivity contribution in [1.29, 1.82) is 0 Å². The standard InChI is InChI=1S/C15H20N2O4/c1-4-17-11-7-5-6-8-12(11)21-15(3,14(17)20)13(19)16-9-10(2)18/h5-8,10,18H,4,9H2,1-3H3,(H,16,19). The van der Waals surface area contributed by atoms with Gasteiger partial charge in [-0.25, -0.2) is 0 Å². The molecule has 6 heteroatoms. The topological polar surface area (TPSA) is 78.9 Å². The van der Waals surface area contributed by atoms with Crippen LogP contribution in [0.2, 0.25) is 0 Å². The van der Waals surface area contributed by atoms with Crippen LogP contribution in [0, 0.1) is 0 Å². The average Bonchev–Trinajstić information content (AvgIpc) is 2.46. The smallest absolute Gasteiger partial charge is 0.280 e. The van der Waals surface area contributed by atoms with E-state index < -0.39 is 23.5 Å². The Hall–Kier alpha value is -2.08. The lowest BCUT2D eigenvalue weighted by atomic mass is 10.00. The van der Waals surface area contributed by atoms with Gasteiger partial charge in [0.15, 0.2) is 0 Å². The molecule has 0 saturated carbocycles. The van der Waals surface area contributed by atoms with E-state index in [0.29, 0.717) is 18.0 Å².